The molecule has 0 saturated carbocycles. The Morgan fingerprint density at radius 2 is 0.818 bits per heavy atom. The Balaban J connectivity index is -0.0000000886. The quantitative estimate of drug-likeness (QED) is 0.225. The molecule has 9 heteroatoms. The van der Waals surface area contributed by atoms with Crippen LogP contribution >= 0.6 is 0 Å². The van der Waals surface area contributed by atoms with Gasteiger partial charge in [0.25, 0.3) is 0 Å². The van der Waals surface area contributed by atoms with Crippen molar-refractivity contribution in [2.45, 2.75) is 0 Å². The molecule has 0 atom stereocenters. The maximum absolute atomic E-state index is 8.56. The van der Waals surface area contributed by atoms with E-state index in [0.29, 0.717) is 0 Å². The highest BCUT2D eigenvalue weighted by molar-refractivity contribution is 5.53. The Kier molecular flexibility index (Phi) is 23.2. The summed E-state index contributed by atoms with van der Waals surface area (Å²) in [5.74, 6) is 0. The van der Waals surface area contributed by atoms with Crippen molar-refractivity contribution in [2.24, 2.45) is 0 Å². The van der Waals surface area contributed by atoms with E-state index in [1.807, 2.05) is 0 Å². The average Bonchev–Trinajstić information content (AvgIpc) is 1.60. The van der Waals surface area contributed by atoms with Gasteiger partial charge < -0.3 is 20.4 Å². The molecular formula is C2H6O9. The van der Waals surface area contributed by atoms with Gasteiger partial charge in [0.15, 0.2) is 0 Å². The lowest BCUT2D eigenvalue weighted by Gasteiger charge is -1.60. The Bertz CT molecular complexity index is 75.7. The normalized spacial score (nSPS) is 6.00. The first-order valence-corrected chi connectivity index (χ1v) is 1.67. The van der Waals surface area contributed by atoms with E-state index in [1.165, 1.54) is 0 Å². The van der Waals surface area contributed by atoms with E-state index in [9.17, 15) is 0 Å². The Morgan fingerprint density at radius 1 is 0.818 bits per heavy atom. The van der Waals surface area contributed by atoms with E-state index in [0.717, 1.165) is 0 Å². The summed E-state index contributed by atoms with van der Waals surface area (Å²) in [6.07, 6.45) is -3.67. The molecule has 0 aliphatic rings. The Hall–Kier alpha value is -1.58. The van der Waals surface area contributed by atoms with E-state index in [4.69, 9.17) is 40.5 Å². The van der Waals surface area contributed by atoms with Gasteiger partial charge in [0, 0.05) is 0 Å². The third-order valence-electron chi connectivity index (χ3n) is 0. The second-order valence-electron chi connectivity index (χ2n) is 0.647. The Morgan fingerprint density at radius 3 is 0.818 bits per heavy atom. The molecule has 0 aromatic rings. The molecule has 0 aromatic carbocycles. The fraction of sp³-hybridized carbons (Fsp3) is 0. The third kappa shape index (κ3) is 139. The van der Waals surface area contributed by atoms with Crippen LogP contribution in [0.5, 0.6) is 0 Å². The second-order valence-corrected chi connectivity index (χ2v) is 0.647. The predicted molar refractivity (Wildman–Crippen MR) is 27.6 cm³/mol. The van der Waals surface area contributed by atoms with Crippen LogP contribution in [0.2, 0.25) is 0 Å². The molecule has 0 bridgehead atoms. The fourth-order valence-corrected chi connectivity index (χ4v) is 0. The van der Waals surface area contributed by atoms with Crippen LogP contribution in [0.15, 0.2) is 0 Å². The van der Waals surface area contributed by atoms with Crippen LogP contribution in [-0.4, -0.2) is 43.3 Å². The maximum atomic E-state index is 8.56. The van der Waals surface area contributed by atoms with Gasteiger partial charge in [-0.3, -0.25) is 0 Å². The van der Waals surface area contributed by atoms with Crippen molar-refractivity contribution in [2.75, 3.05) is 0 Å². The maximum Gasteiger partial charge on any atom is 0.503 e. The molecule has 0 radical (unpaired) electrons. The zero-order valence-corrected chi connectivity index (χ0v) is 4.91. The van der Waals surface area contributed by atoms with Gasteiger partial charge in [0.05, 0.1) is 0 Å². The van der Waals surface area contributed by atoms with Crippen molar-refractivity contribution in [3.05, 3.63) is 0 Å². The first-order chi connectivity index (χ1) is 4.88. The zero-order chi connectivity index (χ0) is 9.86. The number of hydrogen-bond acceptors (Lipinski definition) is 5. The summed E-state index contributed by atoms with van der Waals surface area (Å²) in [5, 5.41) is 43.4. The summed E-state index contributed by atoms with van der Waals surface area (Å²) < 4.78 is 0. The molecule has 0 spiro atoms. The molecule has 0 rings (SSSR count). The monoisotopic (exact) mass is 174 g/mol. The van der Waals surface area contributed by atoms with Crippen molar-refractivity contribution in [3.63, 3.8) is 0 Å². The van der Waals surface area contributed by atoms with Crippen molar-refractivity contribution in [1.82, 2.24) is 0 Å². The van der Waals surface area contributed by atoms with E-state index in [2.05, 4.69) is 5.04 Å². The van der Waals surface area contributed by atoms with Crippen molar-refractivity contribution in [3.8, 4) is 0 Å². The summed E-state index contributed by atoms with van der Waals surface area (Å²) >= 11 is 0. The summed E-state index contributed by atoms with van der Waals surface area (Å²) in [5.41, 5.74) is 0. The Labute approximate surface area is 59.2 Å². The topological polar surface area (TPSA) is 165 Å². The summed E-state index contributed by atoms with van der Waals surface area (Å²) in [6, 6.07) is 0. The molecule has 0 aromatic heterocycles. The van der Waals surface area contributed by atoms with Crippen LogP contribution < -0.4 is 0 Å². The highest BCUT2D eigenvalue weighted by atomic mass is 17.4. The number of hydrogen-bond donors (Lipinski definition) is 6. The van der Waals surface area contributed by atoms with Gasteiger partial charge in [-0.1, -0.05) is 5.04 Å². The van der Waals surface area contributed by atoms with E-state index >= 15 is 0 Å². The lowest BCUT2D eigenvalue weighted by atomic mass is 11.5. The molecule has 0 unspecified atom stereocenters. The SMILES string of the molecule is O=C(O)O.O=C(O)O.OOO. The van der Waals surface area contributed by atoms with Gasteiger partial charge >= 0.3 is 12.3 Å². The minimum absolute atomic E-state index is 1.83. The molecule has 0 aliphatic carbocycles. The average molecular weight is 174 g/mol. The predicted octanol–water partition coefficient (Wildman–Crippen LogP) is 0.394. The third-order valence-corrected chi connectivity index (χ3v) is 0. The van der Waals surface area contributed by atoms with E-state index in [1.54, 1.807) is 0 Å². The smallest absolute Gasteiger partial charge is 0.450 e. The molecule has 9 nitrogen and oxygen atoms in total. The molecular weight excluding hydrogens is 168 g/mol. The lowest BCUT2D eigenvalue weighted by molar-refractivity contribution is -0.465. The van der Waals surface area contributed by atoms with Crippen molar-refractivity contribution in [1.29, 1.82) is 0 Å². The van der Waals surface area contributed by atoms with Crippen molar-refractivity contribution < 1.29 is 45.6 Å². The second kappa shape index (κ2) is 15.8. The number of carbonyl (C=O) groups is 2. The first kappa shape index (κ1) is 16.2. The molecule has 0 amide bonds. The first-order valence-electron chi connectivity index (χ1n) is 1.67. The van der Waals surface area contributed by atoms with E-state index in [-0.39, 0.29) is 0 Å². The van der Waals surface area contributed by atoms with Gasteiger partial charge in [0.2, 0.25) is 0 Å². The fourth-order valence-electron chi connectivity index (χ4n) is 0. The largest absolute Gasteiger partial charge is 0.503 e. The van der Waals surface area contributed by atoms with Gasteiger partial charge in [-0.05, 0) is 0 Å². The standard InChI is InChI=1S/2CH2O3.H2O3/c2*2-1(3)4;1-3-2/h2*(H2,2,3,4);1-2H. The van der Waals surface area contributed by atoms with Crippen molar-refractivity contribution >= 4 is 12.3 Å². The van der Waals surface area contributed by atoms with Crippen LogP contribution in [0.25, 0.3) is 0 Å². The van der Waals surface area contributed by atoms with Gasteiger partial charge in [-0.25, -0.2) is 20.1 Å². The van der Waals surface area contributed by atoms with Crippen LogP contribution in [0.1, 0.15) is 0 Å². The molecule has 6 N–H and O–H groups in total. The minimum atomic E-state index is -1.83. The number of rotatable bonds is 0. The number of carboxylic acid groups (broad SMARTS) is 4. The van der Waals surface area contributed by atoms with Crippen LogP contribution in [0, 0.1) is 0 Å². The lowest BCUT2D eigenvalue weighted by Crippen LogP contribution is -1.81. The summed E-state index contributed by atoms with van der Waals surface area (Å²) in [7, 11) is 0. The molecule has 0 fully saturated rings. The zero-order valence-electron chi connectivity index (χ0n) is 4.91. The van der Waals surface area contributed by atoms with Gasteiger partial charge in [-0.15, -0.1) is 0 Å². The minimum Gasteiger partial charge on any atom is -0.450 e. The highest BCUT2D eigenvalue weighted by Gasteiger charge is 1.70. The molecule has 0 saturated heterocycles. The van der Waals surface area contributed by atoms with Crippen LogP contribution in [0.3, 0.4) is 0 Å². The van der Waals surface area contributed by atoms with Gasteiger partial charge in [-0.2, -0.15) is 0 Å². The highest BCUT2D eigenvalue weighted by Crippen LogP contribution is 1.43. The summed E-state index contributed by atoms with van der Waals surface area (Å²) in [4.78, 5) is 17.1. The molecule has 0 heterocycles. The molecule has 0 aliphatic heterocycles. The molecule has 68 valence electrons. The summed E-state index contributed by atoms with van der Waals surface area (Å²) in [6.45, 7) is 0. The van der Waals surface area contributed by atoms with Crippen LogP contribution in [-0.2, 0) is 5.04 Å². The van der Waals surface area contributed by atoms with Gasteiger partial charge in [0.1, 0.15) is 0 Å². The molecule has 11 heavy (non-hydrogen) atoms. The van der Waals surface area contributed by atoms with Crippen LogP contribution in [0.4, 0.5) is 9.59 Å². The van der Waals surface area contributed by atoms with E-state index < -0.39 is 12.3 Å².